The van der Waals surface area contributed by atoms with Crippen molar-refractivity contribution < 1.29 is 18.3 Å². The van der Waals surface area contributed by atoms with E-state index < -0.39 is 17.7 Å². The highest BCUT2D eigenvalue weighted by Gasteiger charge is 2.26. The largest absolute Gasteiger partial charge is 0.366 e. The van der Waals surface area contributed by atoms with Crippen LogP contribution >= 0.6 is 0 Å². The smallest absolute Gasteiger partial charge is 0.161 e. The van der Waals surface area contributed by atoms with Crippen LogP contribution in [0.15, 0.2) is 18.2 Å². The number of rotatable bonds is 8. The predicted molar refractivity (Wildman–Crippen MR) is 86.0 cm³/mol. The zero-order valence-electron chi connectivity index (χ0n) is 14.0. The third-order valence-corrected chi connectivity index (χ3v) is 4.36. The minimum atomic E-state index is -0.621. The minimum Gasteiger partial charge on any atom is -0.366 e. The molecular formula is C19H26F2O2. The first kappa shape index (κ1) is 18.1. The third kappa shape index (κ3) is 6.02. The molecule has 1 aliphatic carbocycles. The number of ketones is 1. The van der Waals surface area contributed by atoms with Crippen LogP contribution in [-0.4, -0.2) is 11.9 Å². The molecule has 0 amide bonds. The summed E-state index contributed by atoms with van der Waals surface area (Å²) in [7, 11) is 0. The third-order valence-electron chi connectivity index (χ3n) is 4.36. The number of benzene rings is 1. The molecule has 2 rings (SSSR count). The summed E-state index contributed by atoms with van der Waals surface area (Å²) in [6.45, 7) is 4.08. The lowest BCUT2D eigenvalue weighted by Crippen LogP contribution is -2.27. The molecule has 4 heteroatoms. The highest BCUT2D eigenvalue weighted by atomic mass is 19.1. The zero-order chi connectivity index (χ0) is 16.8. The van der Waals surface area contributed by atoms with Gasteiger partial charge in [-0.1, -0.05) is 39.5 Å². The van der Waals surface area contributed by atoms with E-state index in [-0.39, 0.29) is 18.3 Å². The minimum absolute atomic E-state index is 0.0654. The molecule has 1 unspecified atom stereocenters. The van der Waals surface area contributed by atoms with E-state index in [9.17, 15) is 13.6 Å². The highest BCUT2D eigenvalue weighted by Crippen LogP contribution is 2.30. The lowest BCUT2D eigenvalue weighted by Gasteiger charge is -2.21. The Morgan fingerprint density at radius 2 is 1.78 bits per heavy atom. The van der Waals surface area contributed by atoms with Crippen molar-refractivity contribution in [3.05, 3.63) is 35.4 Å². The summed E-state index contributed by atoms with van der Waals surface area (Å²) >= 11 is 0. The van der Waals surface area contributed by atoms with Gasteiger partial charge in [-0.15, -0.1) is 0 Å². The van der Waals surface area contributed by atoms with E-state index >= 15 is 0 Å². The van der Waals surface area contributed by atoms with Crippen LogP contribution in [0.4, 0.5) is 8.78 Å². The van der Waals surface area contributed by atoms with Crippen LogP contribution in [0.5, 0.6) is 0 Å². The quantitative estimate of drug-likeness (QED) is 0.669. The fraction of sp³-hybridized carbons (Fsp3) is 0.632. The lowest BCUT2D eigenvalue weighted by atomic mass is 9.94. The van der Waals surface area contributed by atoms with Crippen LogP contribution in [0.3, 0.4) is 0 Å². The van der Waals surface area contributed by atoms with Gasteiger partial charge in [0.05, 0.1) is 6.61 Å². The fourth-order valence-corrected chi connectivity index (χ4v) is 3.27. The van der Waals surface area contributed by atoms with E-state index in [1.54, 1.807) is 0 Å². The molecule has 1 aliphatic rings. The molecule has 0 N–H and O–H groups in total. The van der Waals surface area contributed by atoms with Crippen LogP contribution in [0.2, 0.25) is 0 Å². The standard InChI is InChI=1S/C19H26F2O2/c1-13(2)7-18(22)19(10-14-5-3-4-6-14)23-12-15-8-16(20)11-17(21)9-15/h8-9,11,13-14,19H,3-7,10,12H2,1-2H3. The average molecular weight is 324 g/mol. The molecule has 1 saturated carbocycles. The monoisotopic (exact) mass is 324 g/mol. The second-order valence-electron chi connectivity index (χ2n) is 7.03. The first-order valence-electron chi connectivity index (χ1n) is 8.53. The summed E-state index contributed by atoms with van der Waals surface area (Å²) in [5.74, 6) is -0.332. The number of Topliss-reactive ketones (excluding diaryl/α,β-unsaturated/α-hetero) is 1. The van der Waals surface area contributed by atoms with E-state index in [0.717, 1.165) is 25.3 Å². The Morgan fingerprint density at radius 1 is 1.17 bits per heavy atom. The molecule has 128 valence electrons. The molecule has 0 aromatic heterocycles. The van der Waals surface area contributed by atoms with E-state index in [2.05, 4.69) is 0 Å². The Hall–Kier alpha value is -1.29. The Morgan fingerprint density at radius 3 is 2.35 bits per heavy atom. The fourth-order valence-electron chi connectivity index (χ4n) is 3.27. The Labute approximate surface area is 137 Å². The summed E-state index contributed by atoms with van der Waals surface area (Å²) in [5.41, 5.74) is 0.427. The summed E-state index contributed by atoms with van der Waals surface area (Å²) in [4.78, 5) is 12.4. The van der Waals surface area contributed by atoms with Crippen molar-refractivity contribution in [1.82, 2.24) is 0 Å². The molecule has 1 fully saturated rings. The van der Waals surface area contributed by atoms with Crippen LogP contribution in [0.1, 0.15) is 57.9 Å². The second kappa shape index (κ2) is 8.53. The van der Waals surface area contributed by atoms with Gasteiger partial charge >= 0.3 is 0 Å². The maximum absolute atomic E-state index is 13.2. The predicted octanol–water partition coefficient (Wildman–Crippen LogP) is 5.05. The van der Waals surface area contributed by atoms with Crippen LogP contribution < -0.4 is 0 Å². The number of halogens is 2. The molecule has 23 heavy (non-hydrogen) atoms. The van der Waals surface area contributed by atoms with Gasteiger partial charge in [-0.05, 0) is 36.0 Å². The Bertz CT molecular complexity index is 502. The van der Waals surface area contributed by atoms with Gasteiger partial charge < -0.3 is 4.74 Å². The van der Waals surface area contributed by atoms with Crippen molar-refractivity contribution in [3.8, 4) is 0 Å². The van der Waals surface area contributed by atoms with Crippen LogP contribution in [0, 0.1) is 23.5 Å². The highest BCUT2D eigenvalue weighted by molar-refractivity contribution is 5.83. The maximum Gasteiger partial charge on any atom is 0.161 e. The topological polar surface area (TPSA) is 26.3 Å². The molecule has 0 spiro atoms. The molecular weight excluding hydrogens is 298 g/mol. The summed E-state index contributed by atoms with van der Waals surface area (Å²) < 4.78 is 32.3. The van der Waals surface area contributed by atoms with E-state index in [0.29, 0.717) is 17.9 Å². The van der Waals surface area contributed by atoms with E-state index in [1.807, 2.05) is 13.8 Å². The van der Waals surface area contributed by atoms with Crippen LogP contribution in [-0.2, 0) is 16.1 Å². The summed E-state index contributed by atoms with van der Waals surface area (Å²) in [6.07, 6.45) is 5.45. The molecule has 0 bridgehead atoms. The maximum atomic E-state index is 13.2. The van der Waals surface area contributed by atoms with Crippen molar-refractivity contribution >= 4 is 5.78 Å². The van der Waals surface area contributed by atoms with Gasteiger partial charge in [0.1, 0.15) is 17.7 Å². The zero-order valence-corrected chi connectivity index (χ0v) is 14.0. The molecule has 0 saturated heterocycles. The Kier molecular flexibility index (Phi) is 6.70. The number of hydrogen-bond donors (Lipinski definition) is 0. The Balaban J connectivity index is 1.98. The molecule has 1 atom stereocenters. The van der Waals surface area contributed by atoms with Gasteiger partial charge in [-0.2, -0.15) is 0 Å². The molecule has 1 aromatic rings. The summed E-state index contributed by atoms with van der Waals surface area (Å²) in [5, 5.41) is 0. The first-order valence-corrected chi connectivity index (χ1v) is 8.53. The lowest BCUT2D eigenvalue weighted by molar-refractivity contribution is -0.133. The van der Waals surface area contributed by atoms with Gasteiger partial charge in [0.15, 0.2) is 5.78 Å². The number of hydrogen-bond acceptors (Lipinski definition) is 2. The van der Waals surface area contributed by atoms with Gasteiger partial charge in [0.25, 0.3) is 0 Å². The van der Waals surface area contributed by atoms with Gasteiger partial charge in [-0.25, -0.2) is 8.78 Å². The van der Waals surface area contributed by atoms with Crippen molar-refractivity contribution in [2.24, 2.45) is 11.8 Å². The first-order chi connectivity index (χ1) is 10.9. The average Bonchev–Trinajstić information content (AvgIpc) is 2.94. The number of ether oxygens (including phenoxy) is 1. The van der Waals surface area contributed by atoms with Crippen molar-refractivity contribution in [3.63, 3.8) is 0 Å². The SMILES string of the molecule is CC(C)CC(=O)C(CC1CCCC1)OCc1cc(F)cc(F)c1. The van der Waals surface area contributed by atoms with Gasteiger partial charge in [0, 0.05) is 12.5 Å². The van der Waals surface area contributed by atoms with Crippen molar-refractivity contribution in [1.29, 1.82) is 0 Å². The van der Waals surface area contributed by atoms with E-state index in [4.69, 9.17) is 4.74 Å². The normalized spacial score (nSPS) is 16.9. The molecule has 1 aromatic carbocycles. The van der Waals surface area contributed by atoms with Gasteiger partial charge in [0.2, 0.25) is 0 Å². The van der Waals surface area contributed by atoms with Crippen molar-refractivity contribution in [2.45, 2.75) is 65.1 Å². The number of carbonyl (C=O) groups is 1. The van der Waals surface area contributed by atoms with E-state index in [1.165, 1.54) is 25.0 Å². The summed E-state index contributed by atoms with van der Waals surface area (Å²) in [6, 6.07) is 3.34. The van der Waals surface area contributed by atoms with Crippen LogP contribution in [0.25, 0.3) is 0 Å². The molecule has 2 nitrogen and oxygen atoms in total. The molecule has 0 aliphatic heterocycles. The molecule has 0 heterocycles. The van der Waals surface area contributed by atoms with Crippen molar-refractivity contribution in [2.75, 3.05) is 0 Å². The number of carbonyl (C=O) groups excluding carboxylic acids is 1. The van der Waals surface area contributed by atoms with Gasteiger partial charge in [-0.3, -0.25) is 4.79 Å². The second-order valence-corrected chi connectivity index (χ2v) is 7.03. The molecule has 0 radical (unpaired) electrons.